The Bertz CT molecular complexity index is 2120. The van der Waals surface area contributed by atoms with Gasteiger partial charge in [-0.15, -0.1) is 23.2 Å². The predicted molar refractivity (Wildman–Crippen MR) is 160 cm³/mol. The lowest BCUT2D eigenvalue weighted by Crippen LogP contribution is -2.60. The zero-order chi connectivity index (χ0) is 36.4. The minimum atomic E-state index is -2.95. The molecule has 2 saturated heterocycles. The van der Waals surface area contributed by atoms with Crippen LogP contribution in [0.5, 0.6) is 5.75 Å². The fourth-order valence-corrected chi connectivity index (χ4v) is 8.58. The van der Waals surface area contributed by atoms with Crippen LogP contribution in [0.2, 0.25) is 0 Å². The van der Waals surface area contributed by atoms with Gasteiger partial charge in [0.2, 0.25) is 17.6 Å². The lowest BCUT2D eigenvalue weighted by Gasteiger charge is -2.50. The van der Waals surface area contributed by atoms with E-state index in [4.69, 9.17) is 23.2 Å². The average molecular weight is 740 g/mol. The molecular weight excluding hydrogens is 723 g/mol. The molecule has 0 unspecified atom stereocenters. The highest BCUT2D eigenvalue weighted by molar-refractivity contribution is 6.58. The number of allylic oxidation sites excluding steroid dienone is 2. The first kappa shape index (κ1) is 33.5. The summed E-state index contributed by atoms with van der Waals surface area (Å²) in [6.07, 6.45) is 0.328. The molecule has 1 saturated carbocycles. The number of phenols is 1. The third kappa shape index (κ3) is 4.11. The maximum atomic E-state index is 15.1. The van der Waals surface area contributed by atoms with Crippen LogP contribution in [0.1, 0.15) is 24.3 Å². The molecule has 1 N–H and O–H groups in total. The number of imide groups is 2. The standard InChI is InChI=1S/C32H17Cl2F6N3O7/c33-31-10-16-13(8-9-14-18(16)28(46)41(27(14)45)11-4-6-12(7-5-11)43(49)50)19(15-2-1-3-17(35)26(15)44)32(31,34)30(48)42(29(31)47)25-23(39)21(37)20(36)22(38)24(25)40/h1-8,14,16,18-19,44H,9-10H2/t14-,16+,18-,19+,31+,32-/m0/s1. The molecule has 0 aromatic heterocycles. The molecule has 4 aliphatic rings. The number of nitro benzene ring substituents is 1. The lowest BCUT2D eigenvalue weighted by atomic mass is 9.56. The number of non-ortho nitro benzene ring substituents is 1. The number of amides is 4. The molecule has 7 rings (SSSR count). The van der Waals surface area contributed by atoms with Crippen molar-refractivity contribution in [1.82, 2.24) is 0 Å². The first-order valence-electron chi connectivity index (χ1n) is 14.6. The molecular formula is C32H17Cl2F6N3O7. The third-order valence-corrected chi connectivity index (χ3v) is 11.3. The number of carbonyl (C=O) groups excluding carboxylic acids is 4. The second-order valence-electron chi connectivity index (χ2n) is 12.2. The fraction of sp³-hybridized carbons (Fsp3) is 0.250. The zero-order valence-electron chi connectivity index (χ0n) is 24.6. The Morgan fingerprint density at radius 2 is 1.40 bits per heavy atom. The molecule has 50 heavy (non-hydrogen) atoms. The van der Waals surface area contributed by atoms with Crippen molar-refractivity contribution in [3.63, 3.8) is 0 Å². The number of hydrogen-bond donors (Lipinski definition) is 1. The Labute approximate surface area is 285 Å². The highest BCUT2D eigenvalue weighted by atomic mass is 35.5. The minimum absolute atomic E-state index is 0.00876. The van der Waals surface area contributed by atoms with Gasteiger partial charge in [0, 0.05) is 23.6 Å². The lowest BCUT2D eigenvalue weighted by molar-refractivity contribution is -0.384. The summed E-state index contributed by atoms with van der Waals surface area (Å²) in [5, 5.41) is 22.0. The Morgan fingerprint density at radius 3 is 2.00 bits per heavy atom. The van der Waals surface area contributed by atoms with E-state index in [-0.39, 0.29) is 28.3 Å². The molecule has 3 aromatic carbocycles. The van der Waals surface area contributed by atoms with Gasteiger partial charge in [-0.3, -0.25) is 34.2 Å². The summed E-state index contributed by atoms with van der Waals surface area (Å²) in [5.74, 6) is -26.0. The number of phenolic OH excluding ortho intramolecular Hbond substituents is 1. The maximum Gasteiger partial charge on any atom is 0.269 e. The normalized spacial score (nSPS) is 28.8. The number of anilines is 2. The molecule has 6 atom stereocenters. The predicted octanol–water partition coefficient (Wildman–Crippen LogP) is 5.90. The monoisotopic (exact) mass is 739 g/mol. The molecule has 258 valence electrons. The third-order valence-electron chi connectivity index (χ3n) is 9.87. The molecule has 2 heterocycles. The SMILES string of the molecule is O=C1[C@H]2[C@H](CC=C3[C@H]2C[C@@]2(Cl)C(=O)N(c4c(F)c(F)c(F)c(F)c4F)C(=O)[C@@]2(Cl)[C@H]3c2cccc(F)c2O)C(=O)N1c1ccc([N+](=O)[O-])cc1. The van der Waals surface area contributed by atoms with Crippen LogP contribution < -0.4 is 9.80 Å². The largest absolute Gasteiger partial charge is 0.505 e. The molecule has 2 aliphatic carbocycles. The van der Waals surface area contributed by atoms with Crippen LogP contribution in [0.4, 0.5) is 43.4 Å². The van der Waals surface area contributed by atoms with Gasteiger partial charge in [-0.05, 0) is 37.0 Å². The number of nitro groups is 1. The summed E-state index contributed by atoms with van der Waals surface area (Å²) in [6, 6.07) is 7.41. The van der Waals surface area contributed by atoms with Crippen molar-refractivity contribution in [3.8, 4) is 5.75 Å². The van der Waals surface area contributed by atoms with Gasteiger partial charge < -0.3 is 5.11 Å². The van der Waals surface area contributed by atoms with Gasteiger partial charge in [-0.1, -0.05) is 23.8 Å². The molecule has 0 bridgehead atoms. The Kier molecular flexibility index (Phi) is 7.39. The summed E-state index contributed by atoms with van der Waals surface area (Å²) < 4.78 is 87.8. The van der Waals surface area contributed by atoms with Gasteiger partial charge in [0.1, 0.15) is 5.69 Å². The van der Waals surface area contributed by atoms with E-state index in [1.54, 1.807) is 0 Å². The zero-order valence-corrected chi connectivity index (χ0v) is 26.1. The van der Waals surface area contributed by atoms with Crippen molar-refractivity contribution in [2.24, 2.45) is 17.8 Å². The number of fused-ring (bicyclic) bond motifs is 4. The first-order valence-corrected chi connectivity index (χ1v) is 15.3. The van der Waals surface area contributed by atoms with Gasteiger partial charge in [-0.25, -0.2) is 31.2 Å². The van der Waals surface area contributed by atoms with Crippen LogP contribution in [0.15, 0.2) is 54.1 Å². The molecule has 4 amide bonds. The molecule has 0 spiro atoms. The number of hydrogen-bond acceptors (Lipinski definition) is 7. The number of nitrogens with zero attached hydrogens (tertiary/aromatic N) is 3. The Balaban J connectivity index is 1.42. The van der Waals surface area contributed by atoms with Crippen LogP contribution in [0.3, 0.4) is 0 Å². The highest BCUT2D eigenvalue weighted by Gasteiger charge is 2.77. The average Bonchev–Trinajstić information content (AvgIpc) is 3.42. The number of aromatic hydroxyl groups is 1. The summed E-state index contributed by atoms with van der Waals surface area (Å²) in [5.41, 5.74) is -2.87. The van der Waals surface area contributed by atoms with Crippen LogP contribution >= 0.6 is 23.2 Å². The second-order valence-corrected chi connectivity index (χ2v) is 13.4. The van der Waals surface area contributed by atoms with Crippen molar-refractivity contribution in [2.75, 3.05) is 9.80 Å². The maximum absolute atomic E-state index is 15.1. The summed E-state index contributed by atoms with van der Waals surface area (Å²) in [4.78, 5) is 61.1. The molecule has 3 fully saturated rings. The van der Waals surface area contributed by atoms with E-state index in [1.807, 2.05) is 0 Å². The molecule has 18 heteroatoms. The van der Waals surface area contributed by atoms with Gasteiger partial charge in [0.25, 0.3) is 17.5 Å². The van der Waals surface area contributed by atoms with Gasteiger partial charge in [0.05, 0.1) is 22.4 Å². The van der Waals surface area contributed by atoms with Crippen molar-refractivity contribution in [1.29, 1.82) is 0 Å². The summed E-state index contributed by atoms with van der Waals surface area (Å²) in [6.45, 7) is 0. The van der Waals surface area contributed by atoms with Gasteiger partial charge >= 0.3 is 0 Å². The molecule has 10 nitrogen and oxygen atoms in total. The van der Waals surface area contributed by atoms with Gasteiger partial charge in [0.15, 0.2) is 44.6 Å². The minimum Gasteiger partial charge on any atom is -0.505 e. The Morgan fingerprint density at radius 1 is 0.800 bits per heavy atom. The number of para-hydroxylation sites is 1. The summed E-state index contributed by atoms with van der Waals surface area (Å²) >= 11 is 13.9. The van der Waals surface area contributed by atoms with Gasteiger partial charge in [-0.2, -0.15) is 0 Å². The van der Waals surface area contributed by atoms with E-state index in [1.165, 1.54) is 6.08 Å². The molecule has 2 aliphatic heterocycles. The van der Waals surface area contributed by atoms with E-state index in [9.17, 15) is 52.0 Å². The number of benzene rings is 3. The number of carbonyl (C=O) groups is 4. The first-order chi connectivity index (χ1) is 23.5. The van der Waals surface area contributed by atoms with E-state index in [2.05, 4.69) is 0 Å². The quantitative estimate of drug-likeness (QED) is 0.0514. The van der Waals surface area contributed by atoms with Crippen molar-refractivity contribution >= 4 is 63.9 Å². The number of rotatable bonds is 4. The van der Waals surface area contributed by atoms with Crippen molar-refractivity contribution in [3.05, 3.63) is 105 Å². The van der Waals surface area contributed by atoms with E-state index in [0.29, 0.717) is 0 Å². The van der Waals surface area contributed by atoms with Crippen LogP contribution in [0, 0.1) is 62.8 Å². The second kappa shape index (κ2) is 11.0. The van der Waals surface area contributed by atoms with E-state index in [0.717, 1.165) is 47.4 Å². The Hall–Kier alpha value is -4.96. The van der Waals surface area contributed by atoms with Crippen molar-refractivity contribution in [2.45, 2.75) is 28.5 Å². The highest BCUT2D eigenvalue weighted by Crippen LogP contribution is 2.66. The van der Waals surface area contributed by atoms with Crippen LogP contribution in [-0.2, 0) is 19.2 Å². The van der Waals surface area contributed by atoms with Crippen molar-refractivity contribution < 1.29 is 55.6 Å². The topological polar surface area (TPSA) is 138 Å². The smallest absolute Gasteiger partial charge is 0.269 e. The van der Waals surface area contributed by atoms with Crippen LogP contribution in [0.25, 0.3) is 0 Å². The van der Waals surface area contributed by atoms with Crippen LogP contribution in [-0.4, -0.2) is 43.4 Å². The summed E-state index contributed by atoms with van der Waals surface area (Å²) in [7, 11) is 0. The van der Waals surface area contributed by atoms with E-state index >= 15 is 8.78 Å². The number of halogens is 8. The molecule has 3 aromatic rings. The fourth-order valence-electron chi connectivity index (χ4n) is 7.66. The number of alkyl halides is 2. The molecule has 0 radical (unpaired) electrons. The van der Waals surface area contributed by atoms with E-state index < -0.39 is 120 Å².